The van der Waals surface area contributed by atoms with Crippen LogP contribution < -0.4 is 10.3 Å². The molecule has 0 aromatic heterocycles. The van der Waals surface area contributed by atoms with Crippen molar-refractivity contribution in [2.75, 3.05) is 5.01 Å². The Morgan fingerprint density at radius 1 is 1.44 bits per heavy atom. The molecule has 5 nitrogen and oxygen atoms in total. The van der Waals surface area contributed by atoms with Crippen LogP contribution in [0.4, 0.5) is 5.69 Å². The SMILES string of the molecule is CC(Cl)C(=O)NC1=NN(c2ccccc2)C(=O)C1. The lowest BCUT2D eigenvalue weighted by atomic mass is 10.3. The third-order valence-corrected chi connectivity index (χ3v) is 2.60. The molecule has 1 atom stereocenters. The molecular formula is C12H12ClN3O2. The molecule has 1 aliphatic heterocycles. The zero-order valence-corrected chi connectivity index (χ0v) is 10.5. The van der Waals surface area contributed by atoms with E-state index < -0.39 is 5.38 Å². The molecule has 1 heterocycles. The molecule has 1 aromatic carbocycles. The van der Waals surface area contributed by atoms with Gasteiger partial charge in [0.1, 0.15) is 11.2 Å². The number of rotatable bonds is 2. The van der Waals surface area contributed by atoms with Crippen LogP contribution in [0.1, 0.15) is 13.3 Å². The van der Waals surface area contributed by atoms with Crippen molar-refractivity contribution in [2.24, 2.45) is 5.10 Å². The van der Waals surface area contributed by atoms with E-state index in [1.807, 2.05) is 18.2 Å². The molecule has 18 heavy (non-hydrogen) atoms. The van der Waals surface area contributed by atoms with Gasteiger partial charge < -0.3 is 5.32 Å². The summed E-state index contributed by atoms with van der Waals surface area (Å²) in [4.78, 5) is 23.2. The number of carbonyl (C=O) groups is 2. The minimum atomic E-state index is -0.659. The van der Waals surface area contributed by atoms with Crippen LogP contribution in [-0.2, 0) is 9.59 Å². The standard InChI is InChI=1S/C12H12ClN3O2/c1-8(13)12(18)14-10-7-11(17)16(15-10)9-5-3-2-4-6-9/h2-6,8H,7H2,1H3,(H,14,15,18). The minimum Gasteiger partial charge on any atom is -0.311 e. The van der Waals surface area contributed by atoms with E-state index in [-0.39, 0.29) is 18.2 Å². The summed E-state index contributed by atoms with van der Waals surface area (Å²) in [6, 6.07) is 9.03. The normalized spacial score (nSPS) is 16.4. The van der Waals surface area contributed by atoms with Gasteiger partial charge in [-0.1, -0.05) is 18.2 Å². The van der Waals surface area contributed by atoms with Gasteiger partial charge in [0, 0.05) is 0 Å². The smallest absolute Gasteiger partial charge is 0.255 e. The van der Waals surface area contributed by atoms with Crippen molar-refractivity contribution in [1.82, 2.24) is 5.32 Å². The van der Waals surface area contributed by atoms with E-state index in [9.17, 15) is 9.59 Å². The van der Waals surface area contributed by atoms with Gasteiger partial charge in [-0.3, -0.25) is 9.59 Å². The topological polar surface area (TPSA) is 61.8 Å². The van der Waals surface area contributed by atoms with Gasteiger partial charge in [0.25, 0.3) is 5.91 Å². The zero-order chi connectivity index (χ0) is 13.1. The van der Waals surface area contributed by atoms with Crippen LogP contribution in [-0.4, -0.2) is 23.0 Å². The Morgan fingerprint density at radius 2 is 2.11 bits per heavy atom. The molecule has 6 heteroatoms. The second kappa shape index (κ2) is 5.18. The first-order chi connectivity index (χ1) is 8.58. The molecule has 0 aliphatic carbocycles. The molecule has 2 amide bonds. The summed E-state index contributed by atoms with van der Waals surface area (Å²) < 4.78 is 0. The second-order valence-corrected chi connectivity index (χ2v) is 4.52. The van der Waals surface area contributed by atoms with Gasteiger partial charge in [-0.2, -0.15) is 10.1 Å². The van der Waals surface area contributed by atoms with E-state index in [1.54, 1.807) is 19.1 Å². The number of para-hydroxylation sites is 1. The predicted molar refractivity (Wildman–Crippen MR) is 69.4 cm³/mol. The number of amidine groups is 1. The Hall–Kier alpha value is -1.88. The number of nitrogens with one attached hydrogen (secondary N) is 1. The highest BCUT2D eigenvalue weighted by molar-refractivity contribution is 6.32. The lowest BCUT2D eigenvalue weighted by molar-refractivity contribution is -0.119. The fourth-order valence-electron chi connectivity index (χ4n) is 1.51. The maximum atomic E-state index is 11.8. The molecule has 0 radical (unpaired) electrons. The highest BCUT2D eigenvalue weighted by atomic mass is 35.5. The first kappa shape index (κ1) is 12.6. The van der Waals surface area contributed by atoms with Crippen LogP contribution >= 0.6 is 11.6 Å². The first-order valence-electron chi connectivity index (χ1n) is 5.48. The van der Waals surface area contributed by atoms with Crippen molar-refractivity contribution < 1.29 is 9.59 Å². The molecule has 0 fully saturated rings. The maximum Gasteiger partial charge on any atom is 0.255 e. The zero-order valence-electron chi connectivity index (χ0n) is 9.76. The van der Waals surface area contributed by atoms with Gasteiger partial charge in [0.05, 0.1) is 12.1 Å². The third kappa shape index (κ3) is 2.68. The fraction of sp³-hybridized carbons (Fsp3) is 0.250. The van der Waals surface area contributed by atoms with Crippen LogP contribution in [0.15, 0.2) is 35.4 Å². The predicted octanol–water partition coefficient (Wildman–Crippen LogP) is 1.48. The molecule has 0 bridgehead atoms. The van der Waals surface area contributed by atoms with Gasteiger partial charge in [0.15, 0.2) is 0 Å². The van der Waals surface area contributed by atoms with Crippen LogP contribution in [0.3, 0.4) is 0 Å². The Kier molecular flexibility index (Phi) is 3.62. The molecule has 2 rings (SSSR count). The van der Waals surface area contributed by atoms with Crippen LogP contribution in [0.5, 0.6) is 0 Å². The summed E-state index contributed by atoms with van der Waals surface area (Å²) in [6.45, 7) is 1.56. The molecule has 0 saturated heterocycles. The quantitative estimate of drug-likeness (QED) is 0.824. The van der Waals surface area contributed by atoms with Gasteiger partial charge in [-0.15, -0.1) is 11.6 Å². The number of anilines is 1. The Balaban J connectivity index is 2.13. The lowest BCUT2D eigenvalue weighted by Crippen LogP contribution is -2.34. The van der Waals surface area contributed by atoms with Crippen molar-refractivity contribution in [3.63, 3.8) is 0 Å². The van der Waals surface area contributed by atoms with Crippen molar-refractivity contribution >= 4 is 34.9 Å². The number of amides is 2. The largest absolute Gasteiger partial charge is 0.311 e. The Morgan fingerprint density at radius 3 is 2.72 bits per heavy atom. The van der Waals surface area contributed by atoms with E-state index in [2.05, 4.69) is 10.4 Å². The van der Waals surface area contributed by atoms with Crippen LogP contribution in [0.2, 0.25) is 0 Å². The highest BCUT2D eigenvalue weighted by Gasteiger charge is 2.26. The molecule has 0 saturated carbocycles. The molecule has 1 N–H and O–H groups in total. The Labute approximate surface area is 109 Å². The van der Waals surface area contributed by atoms with E-state index >= 15 is 0 Å². The monoisotopic (exact) mass is 265 g/mol. The van der Waals surface area contributed by atoms with Crippen LogP contribution in [0, 0.1) is 0 Å². The average Bonchev–Trinajstić information content (AvgIpc) is 2.71. The Bertz CT molecular complexity index is 499. The van der Waals surface area contributed by atoms with Crippen molar-refractivity contribution in [3.8, 4) is 0 Å². The van der Waals surface area contributed by atoms with E-state index in [1.165, 1.54) is 5.01 Å². The average molecular weight is 266 g/mol. The third-order valence-electron chi connectivity index (χ3n) is 2.41. The number of benzene rings is 1. The highest BCUT2D eigenvalue weighted by Crippen LogP contribution is 2.19. The number of nitrogens with zero attached hydrogens (tertiary/aromatic N) is 2. The van der Waals surface area contributed by atoms with Crippen molar-refractivity contribution in [2.45, 2.75) is 18.7 Å². The molecule has 0 spiro atoms. The first-order valence-corrected chi connectivity index (χ1v) is 5.92. The number of hydrogen-bond acceptors (Lipinski definition) is 3. The molecule has 94 valence electrons. The van der Waals surface area contributed by atoms with Gasteiger partial charge >= 0.3 is 0 Å². The lowest BCUT2D eigenvalue weighted by Gasteiger charge is -2.10. The summed E-state index contributed by atoms with van der Waals surface area (Å²) >= 11 is 5.63. The van der Waals surface area contributed by atoms with E-state index in [4.69, 9.17) is 11.6 Å². The van der Waals surface area contributed by atoms with E-state index in [0.29, 0.717) is 11.5 Å². The number of halogens is 1. The minimum absolute atomic E-state index is 0.0737. The summed E-state index contributed by atoms with van der Waals surface area (Å²) in [5, 5.41) is 7.21. The van der Waals surface area contributed by atoms with Gasteiger partial charge in [-0.05, 0) is 19.1 Å². The number of hydrogen-bond donors (Lipinski definition) is 1. The summed E-state index contributed by atoms with van der Waals surface area (Å²) in [6.07, 6.45) is 0.0737. The maximum absolute atomic E-state index is 11.8. The molecular weight excluding hydrogens is 254 g/mol. The van der Waals surface area contributed by atoms with Gasteiger partial charge in [-0.25, -0.2) is 0 Å². The van der Waals surface area contributed by atoms with Gasteiger partial charge in [0.2, 0.25) is 5.91 Å². The molecule has 1 unspecified atom stereocenters. The summed E-state index contributed by atoms with van der Waals surface area (Å²) in [5.74, 6) is -0.224. The van der Waals surface area contributed by atoms with E-state index in [0.717, 1.165) is 0 Å². The summed E-state index contributed by atoms with van der Waals surface area (Å²) in [5.41, 5.74) is 0.672. The fourth-order valence-corrected chi connectivity index (χ4v) is 1.57. The second-order valence-electron chi connectivity index (χ2n) is 3.87. The molecule has 1 aromatic rings. The molecule has 1 aliphatic rings. The number of carbonyl (C=O) groups excluding carboxylic acids is 2. The number of hydrazone groups is 1. The van der Waals surface area contributed by atoms with Crippen molar-refractivity contribution in [1.29, 1.82) is 0 Å². The summed E-state index contributed by atoms with van der Waals surface area (Å²) in [7, 11) is 0. The van der Waals surface area contributed by atoms with Crippen molar-refractivity contribution in [3.05, 3.63) is 30.3 Å². The number of alkyl halides is 1. The van der Waals surface area contributed by atoms with Crippen LogP contribution in [0.25, 0.3) is 0 Å².